The van der Waals surface area contributed by atoms with E-state index in [2.05, 4.69) is 14.9 Å². The third kappa shape index (κ3) is 3.34. The van der Waals surface area contributed by atoms with Crippen LogP contribution in [0, 0.1) is 20.8 Å². The number of rotatable bonds is 6. The predicted octanol–water partition coefficient (Wildman–Crippen LogP) is 1.28. The summed E-state index contributed by atoms with van der Waals surface area (Å²) in [6.07, 6.45) is 0.307. The second-order valence-corrected chi connectivity index (χ2v) is 7.42. The molecular weight excluding hydrogens is 330 g/mol. The van der Waals surface area contributed by atoms with E-state index in [4.69, 9.17) is 9.63 Å². The Morgan fingerprint density at radius 3 is 2.50 bits per heavy atom. The molecule has 10 heteroatoms. The quantitative estimate of drug-likeness (QED) is 0.808. The van der Waals surface area contributed by atoms with Gasteiger partial charge in [0.2, 0.25) is 10.0 Å². The summed E-state index contributed by atoms with van der Waals surface area (Å²) in [5, 5.41) is 13.1. The maximum atomic E-state index is 12.2. The van der Waals surface area contributed by atoms with Crippen molar-refractivity contribution in [1.29, 1.82) is 0 Å². The first-order chi connectivity index (χ1) is 10.2. The number of thiazole rings is 1. The van der Waals surface area contributed by atoms with Gasteiger partial charge in [0, 0.05) is 13.0 Å². The molecule has 2 aromatic heterocycles. The number of carboxylic acid groups (broad SMARTS) is 1. The minimum absolute atomic E-state index is 0.0362. The SMILES string of the molecule is Cc1nc(CCNS(=O)(=O)c2c(C)noc2C)sc1C(=O)O. The van der Waals surface area contributed by atoms with Gasteiger partial charge in [-0.2, -0.15) is 0 Å². The Kier molecular flexibility index (Phi) is 4.63. The number of carbonyl (C=O) groups is 1. The largest absolute Gasteiger partial charge is 0.477 e. The summed E-state index contributed by atoms with van der Waals surface area (Å²) in [6, 6.07) is 0. The van der Waals surface area contributed by atoms with Gasteiger partial charge in [0.15, 0.2) is 5.76 Å². The molecule has 8 nitrogen and oxygen atoms in total. The minimum atomic E-state index is -3.71. The van der Waals surface area contributed by atoms with Gasteiger partial charge in [-0.3, -0.25) is 0 Å². The van der Waals surface area contributed by atoms with Crippen LogP contribution in [0.4, 0.5) is 0 Å². The van der Waals surface area contributed by atoms with Gasteiger partial charge in [-0.15, -0.1) is 11.3 Å². The van der Waals surface area contributed by atoms with Crippen molar-refractivity contribution in [2.24, 2.45) is 0 Å². The summed E-state index contributed by atoms with van der Waals surface area (Å²) >= 11 is 1.05. The Morgan fingerprint density at radius 2 is 2.00 bits per heavy atom. The summed E-state index contributed by atoms with van der Waals surface area (Å²) < 4.78 is 31.7. The van der Waals surface area contributed by atoms with Crippen LogP contribution < -0.4 is 4.72 Å². The fourth-order valence-electron chi connectivity index (χ4n) is 1.98. The van der Waals surface area contributed by atoms with E-state index in [0.29, 0.717) is 22.8 Å². The molecule has 0 aliphatic carbocycles. The normalized spacial score (nSPS) is 11.8. The average molecular weight is 345 g/mol. The summed E-state index contributed by atoms with van der Waals surface area (Å²) in [7, 11) is -3.71. The molecule has 0 saturated heterocycles. The molecule has 2 heterocycles. The van der Waals surface area contributed by atoms with E-state index >= 15 is 0 Å². The molecule has 2 rings (SSSR count). The van der Waals surface area contributed by atoms with E-state index in [1.54, 1.807) is 13.8 Å². The molecule has 2 N–H and O–H groups in total. The van der Waals surface area contributed by atoms with Crippen LogP contribution in [-0.4, -0.2) is 36.2 Å². The maximum absolute atomic E-state index is 12.2. The molecule has 0 aliphatic rings. The fourth-order valence-corrected chi connectivity index (χ4v) is 4.24. The molecule has 0 aromatic carbocycles. The van der Waals surface area contributed by atoms with Gasteiger partial charge in [0.25, 0.3) is 0 Å². The van der Waals surface area contributed by atoms with E-state index in [1.165, 1.54) is 6.92 Å². The molecule has 0 amide bonds. The topological polar surface area (TPSA) is 122 Å². The number of hydrogen-bond donors (Lipinski definition) is 2. The molecule has 0 spiro atoms. The highest BCUT2D eigenvalue weighted by Crippen LogP contribution is 2.20. The van der Waals surface area contributed by atoms with E-state index in [0.717, 1.165) is 11.3 Å². The number of aromatic carboxylic acids is 1. The van der Waals surface area contributed by atoms with Crippen LogP contribution in [0.3, 0.4) is 0 Å². The number of sulfonamides is 1. The summed E-state index contributed by atoms with van der Waals surface area (Å²) in [6.45, 7) is 4.79. The first kappa shape index (κ1) is 16.6. The second kappa shape index (κ2) is 6.15. The zero-order valence-corrected chi connectivity index (χ0v) is 13.8. The zero-order valence-electron chi connectivity index (χ0n) is 12.2. The number of hydrogen-bond acceptors (Lipinski definition) is 7. The van der Waals surface area contributed by atoms with Crippen LogP contribution in [-0.2, 0) is 16.4 Å². The Bertz CT molecular complexity index is 787. The van der Waals surface area contributed by atoms with Crippen molar-refractivity contribution < 1.29 is 22.8 Å². The van der Waals surface area contributed by atoms with Gasteiger partial charge in [-0.25, -0.2) is 22.9 Å². The Balaban J connectivity index is 2.05. The van der Waals surface area contributed by atoms with Crippen molar-refractivity contribution in [1.82, 2.24) is 14.9 Å². The second-order valence-electron chi connectivity index (χ2n) is 4.63. The Hall–Kier alpha value is -1.78. The first-order valence-corrected chi connectivity index (χ1v) is 8.64. The van der Waals surface area contributed by atoms with Crippen molar-refractivity contribution >= 4 is 27.3 Å². The van der Waals surface area contributed by atoms with Crippen LogP contribution >= 0.6 is 11.3 Å². The smallest absolute Gasteiger partial charge is 0.347 e. The van der Waals surface area contributed by atoms with Crippen molar-refractivity contribution in [2.75, 3.05) is 6.54 Å². The molecule has 0 radical (unpaired) electrons. The molecule has 0 saturated carbocycles. The average Bonchev–Trinajstić information content (AvgIpc) is 2.93. The number of carboxylic acids is 1. The van der Waals surface area contributed by atoms with Crippen molar-refractivity contribution in [3.8, 4) is 0 Å². The first-order valence-electron chi connectivity index (χ1n) is 6.34. The molecule has 2 aromatic rings. The van der Waals surface area contributed by atoms with Gasteiger partial charge in [0.1, 0.15) is 15.5 Å². The lowest BCUT2D eigenvalue weighted by Gasteiger charge is -2.04. The van der Waals surface area contributed by atoms with Crippen molar-refractivity contribution in [3.63, 3.8) is 0 Å². The van der Waals surface area contributed by atoms with Crippen molar-refractivity contribution in [2.45, 2.75) is 32.1 Å². The summed E-state index contributed by atoms with van der Waals surface area (Å²) in [5.41, 5.74) is 0.726. The number of nitrogens with one attached hydrogen (secondary N) is 1. The Labute approximate surface area is 131 Å². The summed E-state index contributed by atoms with van der Waals surface area (Å²) in [4.78, 5) is 15.3. The highest BCUT2D eigenvalue weighted by atomic mass is 32.2. The van der Waals surface area contributed by atoms with Gasteiger partial charge < -0.3 is 9.63 Å². The van der Waals surface area contributed by atoms with Gasteiger partial charge in [-0.1, -0.05) is 5.16 Å². The lowest BCUT2D eigenvalue weighted by Crippen LogP contribution is -2.26. The molecule has 22 heavy (non-hydrogen) atoms. The van der Waals surface area contributed by atoms with E-state index < -0.39 is 16.0 Å². The molecule has 0 aliphatic heterocycles. The molecule has 0 bridgehead atoms. The molecule has 0 fully saturated rings. The summed E-state index contributed by atoms with van der Waals surface area (Å²) in [5.74, 6) is -0.805. The number of aromatic nitrogens is 2. The zero-order chi connectivity index (χ0) is 16.5. The lowest BCUT2D eigenvalue weighted by atomic mass is 10.4. The molecule has 0 unspecified atom stereocenters. The number of aryl methyl sites for hydroxylation is 3. The number of nitrogens with zero attached hydrogens (tertiary/aromatic N) is 2. The fraction of sp³-hybridized carbons (Fsp3) is 0.417. The molecule has 120 valence electrons. The molecule has 0 atom stereocenters. The van der Waals surface area contributed by atoms with E-state index in [1.807, 2.05) is 0 Å². The van der Waals surface area contributed by atoms with E-state index in [9.17, 15) is 13.2 Å². The highest BCUT2D eigenvalue weighted by Gasteiger charge is 2.24. The lowest BCUT2D eigenvalue weighted by molar-refractivity contribution is 0.0701. The molecular formula is C12H15N3O5S2. The van der Waals surface area contributed by atoms with Crippen LogP contribution in [0.15, 0.2) is 9.42 Å². The van der Waals surface area contributed by atoms with Crippen LogP contribution in [0.2, 0.25) is 0 Å². The maximum Gasteiger partial charge on any atom is 0.347 e. The Morgan fingerprint density at radius 1 is 1.32 bits per heavy atom. The van der Waals surface area contributed by atoms with Crippen LogP contribution in [0.25, 0.3) is 0 Å². The third-order valence-electron chi connectivity index (χ3n) is 2.90. The van der Waals surface area contributed by atoms with Crippen LogP contribution in [0.5, 0.6) is 0 Å². The minimum Gasteiger partial charge on any atom is -0.477 e. The van der Waals surface area contributed by atoms with Gasteiger partial charge in [0.05, 0.1) is 10.7 Å². The van der Waals surface area contributed by atoms with Gasteiger partial charge >= 0.3 is 5.97 Å². The highest BCUT2D eigenvalue weighted by molar-refractivity contribution is 7.89. The predicted molar refractivity (Wildman–Crippen MR) is 78.7 cm³/mol. The van der Waals surface area contributed by atoms with Crippen molar-refractivity contribution in [3.05, 3.63) is 27.0 Å². The monoisotopic (exact) mass is 345 g/mol. The standard InChI is InChI=1S/C12H15N3O5S2/c1-6-10(12(16)17)21-9(14-6)4-5-13-22(18,19)11-7(2)15-20-8(11)3/h13H,4-5H2,1-3H3,(H,16,17). The third-order valence-corrected chi connectivity index (χ3v) is 5.81. The van der Waals surface area contributed by atoms with Gasteiger partial charge in [-0.05, 0) is 20.8 Å². The van der Waals surface area contributed by atoms with E-state index in [-0.39, 0.29) is 22.1 Å². The van der Waals surface area contributed by atoms with Crippen LogP contribution in [0.1, 0.15) is 31.8 Å².